The summed E-state index contributed by atoms with van der Waals surface area (Å²) in [4.78, 5) is 16.7. The number of nitro groups is 1. The molecule has 6 nitrogen and oxygen atoms in total. The Balaban J connectivity index is 1.86. The number of thiazole rings is 1. The van der Waals surface area contributed by atoms with Gasteiger partial charge in [-0.25, -0.2) is 4.98 Å². The number of non-ortho nitro benzene ring substituents is 1. The fourth-order valence-electron chi connectivity index (χ4n) is 1.94. The molecule has 0 unspecified atom stereocenters. The molecule has 7 heteroatoms. The lowest BCUT2D eigenvalue weighted by Crippen LogP contribution is -2.06. The summed E-state index contributed by atoms with van der Waals surface area (Å²) in [6.45, 7) is 0. The molecule has 22 heavy (non-hydrogen) atoms. The summed E-state index contributed by atoms with van der Waals surface area (Å²) < 4.78 is 6.41. The second kappa shape index (κ2) is 5.61. The predicted molar refractivity (Wildman–Crippen MR) is 88.2 cm³/mol. The molecule has 3 aromatic rings. The van der Waals surface area contributed by atoms with Crippen molar-refractivity contribution in [1.29, 1.82) is 0 Å². The van der Waals surface area contributed by atoms with Gasteiger partial charge < -0.3 is 9.32 Å². The summed E-state index contributed by atoms with van der Waals surface area (Å²) in [6, 6.07) is 8.44. The normalized spacial score (nSPS) is 11.4. The first-order valence-electron chi connectivity index (χ1n) is 6.53. The SMILES string of the molecule is CN(C)c1ccc(C=Cc2nc3ccc([N+](=O)[O-])cc3s2)o1. The second-order valence-corrected chi connectivity index (χ2v) is 5.93. The van der Waals surface area contributed by atoms with Crippen LogP contribution in [0.4, 0.5) is 11.6 Å². The summed E-state index contributed by atoms with van der Waals surface area (Å²) in [5, 5.41) is 11.6. The van der Waals surface area contributed by atoms with Crippen molar-refractivity contribution < 1.29 is 9.34 Å². The minimum atomic E-state index is -0.402. The van der Waals surface area contributed by atoms with E-state index in [0.717, 1.165) is 26.9 Å². The molecule has 0 aliphatic heterocycles. The highest BCUT2D eigenvalue weighted by Gasteiger charge is 2.09. The molecule has 1 aromatic carbocycles. The predicted octanol–water partition coefficient (Wildman–Crippen LogP) is 4.03. The Morgan fingerprint density at radius 3 is 2.77 bits per heavy atom. The van der Waals surface area contributed by atoms with Crippen LogP contribution in [-0.4, -0.2) is 24.0 Å². The van der Waals surface area contributed by atoms with E-state index in [2.05, 4.69) is 4.98 Å². The lowest BCUT2D eigenvalue weighted by molar-refractivity contribution is -0.384. The Morgan fingerprint density at radius 1 is 1.27 bits per heavy atom. The van der Waals surface area contributed by atoms with Crippen LogP contribution in [0, 0.1) is 10.1 Å². The highest BCUT2D eigenvalue weighted by atomic mass is 32.1. The molecule has 0 bridgehead atoms. The molecule has 0 aliphatic rings. The largest absolute Gasteiger partial charge is 0.441 e. The Labute approximate surface area is 130 Å². The smallest absolute Gasteiger partial charge is 0.270 e. The monoisotopic (exact) mass is 315 g/mol. The molecule has 0 N–H and O–H groups in total. The Morgan fingerprint density at radius 2 is 2.09 bits per heavy atom. The molecule has 0 amide bonds. The van der Waals surface area contributed by atoms with E-state index >= 15 is 0 Å². The van der Waals surface area contributed by atoms with Gasteiger partial charge in [0.25, 0.3) is 5.69 Å². The van der Waals surface area contributed by atoms with Crippen molar-refractivity contribution in [1.82, 2.24) is 4.98 Å². The first-order valence-corrected chi connectivity index (χ1v) is 7.35. The zero-order valence-electron chi connectivity index (χ0n) is 12.0. The van der Waals surface area contributed by atoms with Gasteiger partial charge in [0.2, 0.25) is 0 Å². The first kappa shape index (κ1) is 14.3. The van der Waals surface area contributed by atoms with Crippen LogP contribution < -0.4 is 4.90 Å². The third-order valence-electron chi connectivity index (χ3n) is 3.04. The van der Waals surface area contributed by atoms with E-state index in [1.54, 1.807) is 12.1 Å². The molecule has 0 fully saturated rings. The van der Waals surface area contributed by atoms with Crippen molar-refractivity contribution in [2.24, 2.45) is 0 Å². The Kier molecular flexibility index (Phi) is 3.64. The summed E-state index contributed by atoms with van der Waals surface area (Å²) in [5.74, 6) is 1.51. The highest BCUT2D eigenvalue weighted by Crippen LogP contribution is 2.27. The summed E-state index contributed by atoms with van der Waals surface area (Å²) >= 11 is 1.41. The highest BCUT2D eigenvalue weighted by molar-refractivity contribution is 7.19. The zero-order chi connectivity index (χ0) is 15.7. The van der Waals surface area contributed by atoms with Crippen molar-refractivity contribution in [2.45, 2.75) is 0 Å². The average molecular weight is 315 g/mol. The number of nitro benzene ring substituents is 1. The van der Waals surface area contributed by atoms with Crippen molar-refractivity contribution in [3.05, 3.63) is 51.2 Å². The second-order valence-electron chi connectivity index (χ2n) is 4.87. The van der Waals surface area contributed by atoms with E-state index in [1.807, 2.05) is 43.3 Å². The summed E-state index contributed by atoms with van der Waals surface area (Å²) in [5.41, 5.74) is 0.831. The quantitative estimate of drug-likeness (QED) is 0.537. The average Bonchev–Trinajstić information content (AvgIpc) is 3.10. The molecule has 3 rings (SSSR count). The van der Waals surface area contributed by atoms with E-state index < -0.39 is 4.92 Å². The van der Waals surface area contributed by atoms with Gasteiger partial charge >= 0.3 is 0 Å². The third-order valence-corrected chi connectivity index (χ3v) is 4.03. The molecule has 0 saturated carbocycles. The number of anilines is 1. The van der Waals surface area contributed by atoms with E-state index in [1.165, 1.54) is 17.4 Å². The van der Waals surface area contributed by atoms with E-state index in [0.29, 0.717) is 0 Å². The van der Waals surface area contributed by atoms with E-state index in [-0.39, 0.29) is 5.69 Å². The molecule has 0 aliphatic carbocycles. The van der Waals surface area contributed by atoms with Gasteiger partial charge in [0.05, 0.1) is 15.1 Å². The number of hydrogen-bond donors (Lipinski definition) is 0. The Hall–Kier alpha value is -2.67. The van der Waals surface area contributed by atoms with Crippen LogP contribution in [0.1, 0.15) is 10.8 Å². The zero-order valence-corrected chi connectivity index (χ0v) is 12.8. The van der Waals surface area contributed by atoms with Crippen molar-refractivity contribution in [3.8, 4) is 0 Å². The maximum atomic E-state index is 10.8. The number of hydrogen-bond acceptors (Lipinski definition) is 6. The fraction of sp³-hybridized carbons (Fsp3) is 0.133. The van der Waals surface area contributed by atoms with Crippen LogP contribution in [0.15, 0.2) is 34.7 Å². The number of aromatic nitrogens is 1. The summed E-state index contributed by atoms with van der Waals surface area (Å²) in [6.07, 6.45) is 3.67. The van der Waals surface area contributed by atoms with Crippen molar-refractivity contribution >= 4 is 45.3 Å². The topological polar surface area (TPSA) is 72.4 Å². The molecular formula is C15H13N3O3S. The third kappa shape index (κ3) is 2.84. The molecule has 0 atom stereocenters. The molecule has 0 saturated heterocycles. The van der Waals surface area contributed by atoms with Crippen LogP contribution >= 0.6 is 11.3 Å². The summed E-state index contributed by atoms with van der Waals surface area (Å²) in [7, 11) is 3.82. The standard InChI is InChI=1S/C15H13N3O3S/c1-17(2)15-8-5-11(21-15)4-7-14-16-12-6-3-10(18(19)20)9-13(12)22-14/h3-9H,1-2H3. The van der Waals surface area contributed by atoms with Gasteiger partial charge in [-0.15, -0.1) is 11.3 Å². The minimum absolute atomic E-state index is 0.0772. The molecule has 112 valence electrons. The van der Waals surface area contributed by atoms with Gasteiger partial charge in [0, 0.05) is 32.3 Å². The minimum Gasteiger partial charge on any atom is -0.441 e. The van der Waals surface area contributed by atoms with Gasteiger partial charge in [-0.3, -0.25) is 10.1 Å². The lowest BCUT2D eigenvalue weighted by atomic mass is 10.3. The molecule has 2 aromatic heterocycles. The number of fused-ring (bicyclic) bond motifs is 1. The number of benzene rings is 1. The Bertz CT molecular complexity index is 864. The van der Waals surface area contributed by atoms with Crippen LogP contribution in [-0.2, 0) is 0 Å². The number of rotatable bonds is 4. The van der Waals surface area contributed by atoms with Gasteiger partial charge in [-0.2, -0.15) is 0 Å². The van der Waals surface area contributed by atoms with Crippen LogP contribution in [0.3, 0.4) is 0 Å². The van der Waals surface area contributed by atoms with Crippen molar-refractivity contribution in [2.75, 3.05) is 19.0 Å². The maximum absolute atomic E-state index is 10.8. The number of furan rings is 1. The van der Waals surface area contributed by atoms with Crippen molar-refractivity contribution in [3.63, 3.8) is 0 Å². The fourth-order valence-corrected chi connectivity index (χ4v) is 2.84. The van der Waals surface area contributed by atoms with E-state index in [9.17, 15) is 10.1 Å². The van der Waals surface area contributed by atoms with Gasteiger partial charge in [0.15, 0.2) is 5.88 Å². The van der Waals surface area contributed by atoms with Gasteiger partial charge in [-0.1, -0.05) is 0 Å². The van der Waals surface area contributed by atoms with Gasteiger partial charge in [-0.05, 0) is 24.3 Å². The molecule has 2 heterocycles. The number of nitrogens with zero attached hydrogens (tertiary/aromatic N) is 3. The maximum Gasteiger partial charge on any atom is 0.270 e. The molecule has 0 radical (unpaired) electrons. The first-order chi connectivity index (χ1) is 10.5. The van der Waals surface area contributed by atoms with Gasteiger partial charge in [0.1, 0.15) is 10.8 Å². The van der Waals surface area contributed by atoms with Crippen LogP contribution in [0.5, 0.6) is 0 Å². The van der Waals surface area contributed by atoms with E-state index in [4.69, 9.17) is 4.42 Å². The lowest BCUT2D eigenvalue weighted by Gasteiger charge is -2.05. The molecular weight excluding hydrogens is 302 g/mol. The van der Waals surface area contributed by atoms with Crippen LogP contribution in [0.25, 0.3) is 22.4 Å². The van der Waals surface area contributed by atoms with Crippen LogP contribution in [0.2, 0.25) is 0 Å². The molecule has 0 spiro atoms.